The van der Waals surface area contributed by atoms with Gasteiger partial charge in [-0.05, 0) is 30.5 Å². The molecule has 0 aliphatic heterocycles. The first kappa shape index (κ1) is 6.68. The molecule has 4 N–H and O–H groups in total. The van der Waals surface area contributed by atoms with Crippen LogP contribution in [0.25, 0.3) is 0 Å². The third-order valence-electron chi connectivity index (χ3n) is 2.27. The lowest BCUT2D eigenvalue weighted by Crippen LogP contribution is -2.18. The monoisotopic (exact) mass is 148 g/mol. The van der Waals surface area contributed by atoms with E-state index in [4.69, 9.17) is 11.5 Å². The van der Waals surface area contributed by atoms with E-state index in [2.05, 4.69) is 0 Å². The molecule has 0 atom stereocenters. The summed E-state index contributed by atoms with van der Waals surface area (Å²) in [6.07, 6.45) is 2.22. The molecule has 2 heteroatoms. The third kappa shape index (κ3) is 1.10. The molecule has 0 unspecified atom stereocenters. The summed E-state index contributed by atoms with van der Waals surface area (Å²) < 4.78 is 0. The number of rotatable bonds is 1. The van der Waals surface area contributed by atoms with Gasteiger partial charge in [0.15, 0.2) is 0 Å². The van der Waals surface area contributed by atoms with Gasteiger partial charge < -0.3 is 11.5 Å². The molecule has 0 heterocycles. The highest BCUT2D eigenvalue weighted by atomic mass is 14.8. The second-order valence-electron chi connectivity index (χ2n) is 3.28. The quantitative estimate of drug-likeness (QED) is 0.588. The molecule has 0 saturated heterocycles. The van der Waals surface area contributed by atoms with Gasteiger partial charge in [0.1, 0.15) is 0 Å². The fourth-order valence-corrected chi connectivity index (χ4v) is 1.24. The summed E-state index contributed by atoms with van der Waals surface area (Å²) in [6, 6.07) is 7.84. The summed E-state index contributed by atoms with van der Waals surface area (Å²) in [5, 5.41) is 0. The van der Waals surface area contributed by atoms with Gasteiger partial charge >= 0.3 is 0 Å². The Hall–Kier alpha value is -1.02. The van der Waals surface area contributed by atoms with Crippen molar-refractivity contribution in [3.8, 4) is 0 Å². The van der Waals surface area contributed by atoms with Crippen LogP contribution in [0.2, 0.25) is 0 Å². The molecule has 0 spiro atoms. The molecular formula is C9H12N2. The topological polar surface area (TPSA) is 52.0 Å². The summed E-state index contributed by atoms with van der Waals surface area (Å²) >= 11 is 0. The maximum Gasteiger partial charge on any atom is 0.0411 e. The highest BCUT2D eigenvalue weighted by Gasteiger charge is 2.39. The van der Waals surface area contributed by atoms with Crippen LogP contribution in [-0.2, 0) is 5.54 Å². The molecule has 1 aromatic rings. The van der Waals surface area contributed by atoms with Crippen molar-refractivity contribution >= 4 is 5.69 Å². The average Bonchev–Trinajstić information content (AvgIpc) is 2.70. The fraction of sp³-hybridized carbons (Fsp3) is 0.333. The van der Waals surface area contributed by atoms with E-state index < -0.39 is 0 Å². The predicted molar refractivity (Wildman–Crippen MR) is 46.0 cm³/mol. The SMILES string of the molecule is Nc1ccc(C2(N)CC2)cc1. The molecule has 1 aliphatic carbocycles. The predicted octanol–water partition coefficient (Wildman–Crippen LogP) is 1.22. The van der Waals surface area contributed by atoms with Gasteiger partial charge in [0.05, 0.1) is 0 Å². The van der Waals surface area contributed by atoms with Crippen molar-refractivity contribution in [2.45, 2.75) is 18.4 Å². The van der Waals surface area contributed by atoms with Crippen LogP contribution in [0.4, 0.5) is 5.69 Å². The fourth-order valence-electron chi connectivity index (χ4n) is 1.24. The summed E-state index contributed by atoms with van der Waals surface area (Å²) in [5.74, 6) is 0. The molecule has 1 aromatic carbocycles. The van der Waals surface area contributed by atoms with E-state index in [0.717, 1.165) is 18.5 Å². The van der Waals surface area contributed by atoms with Gasteiger partial charge in [-0.1, -0.05) is 12.1 Å². The van der Waals surface area contributed by atoms with Gasteiger partial charge in [-0.15, -0.1) is 0 Å². The van der Waals surface area contributed by atoms with Crippen LogP contribution in [0.15, 0.2) is 24.3 Å². The summed E-state index contributed by atoms with van der Waals surface area (Å²) in [7, 11) is 0. The number of benzene rings is 1. The second-order valence-corrected chi connectivity index (χ2v) is 3.28. The van der Waals surface area contributed by atoms with E-state index in [9.17, 15) is 0 Å². The zero-order valence-corrected chi connectivity index (χ0v) is 6.38. The van der Waals surface area contributed by atoms with Crippen LogP contribution in [0, 0.1) is 0 Å². The van der Waals surface area contributed by atoms with Crippen molar-refractivity contribution in [2.75, 3.05) is 5.73 Å². The van der Waals surface area contributed by atoms with Crippen LogP contribution in [0.5, 0.6) is 0 Å². The van der Waals surface area contributed by atoms with Gasteiger partial charge in [0.2, 0.25) is 0 Å². The van der Waals surface area contributed by atoms with Crippen LogP contribution in [0.1, 0.15) is 18.4 Å². The van der Waals surface area contributed by atoms with Crippen molar-refractivity contribution in [2.24, 2.45) is 5.73 Å². The van der Waals surface area contributed by atoms with E-state index in [1.165, 1.54) is 5.56 Å². The molecule has 0 bridgehead atoms. The Bertz CT molecular complexity index is 259. The van der Waals surface area contributed by atoms with Crippen molar-refractivity contribution < 1.29 is 0 Å². The number of hydrogen-bond donors (Lipinski definition) is 2. The smallest absolute Gasteiger partial charge is 0.0411 e. The Morgan fingerprint density at radius 3 is 2.09 bits per heavy atom. The molecular weight excluding hydrogens is 136 g/mol. The molecule has 0 radical (unpaired) electrons. The van der Waals surface area contributed by atoms with E-state index in [-0.39, 0.29) is 5.54 Å². The number of nitrogens with two attached hydrogens (primary N) is 2. The Labute approximate surface area is 66.2 Å². The van der Waals surface area contributed by atoms with Gasteiger partial charge in [-0.25, -0.2) is 0 Å². The van der Waals surface area contributed by atoms with Gasteiger partial charge in [0.25, 0.3) is 0 Å². The van der Waals surface area contributed by atoms with Gasteiger partial charge in [0, 0.05) is 11.2 Å². The molecule has 2 rings (SSSR count). The van der Waals surface area contributed by atoms with Crippen LogP contribution >= 0.6 is 0 Å². The minimum absolute atomic E-state index is 0.0201. The first-order chi connectivity index (χ1) is 5.21. The lowest BCUT2D eigenvalue weighted by Gasteiger charge is -2.07. The summed E-state index contributed by atoms with van der Waals surface area (Å²) in [5.41, 5.74) is 13.5. The summed E-state index contributed by atoms with van der Waals surface area (Å²) in [4.78, 5) is 0. The van der Waals surface area contributed by atoms with Crippen LogP contribution in [-0.4, -0.2) is 0 Å². The molecule has 1 saturated carbocycles. The average molecular weight is 148 g/mol. The van der Waals surface area contributed by atoms with Crippen LogP contribution in [0.3, 0.4) is 0 Å². The Kier molecular flexibility index (Phi) is 1.20. The number of nitrogen functional groups attached to an aromatic ring is 1. The highest BCUT2D eigenvalue weighted by Crippen LogP contribution is 2.42. The minimum atomic E-state index is -0.0201. The second kappa shape index (κ2) is 1.98. The molecule has 1 aliphatic rings. The van der Waals surface area contributed by atoms with E-state index in [1.807, 2.05) is 24.3 Å². The number of anilines is 1. The molecule has 0 amide bonds. The lowest BCUT2D eigenvalue weighted by atomic mass is 10.1. The van der Waals surface area contributed by atoms with Gasteiger partial charge in [-0.3, -0.25) is 0 Å². The molecule has 58 valence electrons. The van der Waals surface area contributed by atoms with E-state index >= 15 is 0 Å². The van der Waals surface area contributed by atoms with Crippen molar-refractivity contribution in [3.05, 3.63) is 29.8 Å². The normalized spacial score (nSPS) is 19.7. The maximum absolute atomic E-state index is 5.98. The Balaban J connectivity index is 2.33. The largest absolute Gasteiger partial charge is 0.399 e. The Morgan fingerprint density at radius 2 is 1.64 bits per heavy atom. The third-order valence-corrected chi connectivity index (χ3v) is 2.27. The standard InChI is InChI=1S/C9H12N2/c10-8-3-1-7(2-4-8)9(11)5-6-9/h1-4H,5-6,10-11H2. The zero-order chi connectivity index (χ0) is 7.90. The van der Waals surface area contributed by atoms with Crippen molar-refractivity contribution in [1.29, 1.82) is 0 Å². The van der Waals surface area contributed by atoms with E-state index in [1.54, 1.807) is 0 Å². The highest BCUT2D eigenvalue weighted by molar-refractivity contribution is 5.42. The van der Waals surface area contributed by atoms with Crippen molar-refractivity contribution in [1.82, 2.24) is 0 Å². The molecule has 2 nitrogen and oxygen atoms in total. The molecule has 1 fully saturated rings. The van der Waals surface area contributed by atoms with Gasteiger partial charge in [-0.2, -0.15) is 0 Å². The number of hydrogen-bond acceptors (Lipinski definition) is 2. The van der Waals surface area contributed by atoms with Crippen molar-refractivity contribution in [3.63, 3.8) is 0 Å². The molecule has 11 heavy (non-hydrogen) atoms. The zero-order valence-electron chi connectivity index (χ0n) is 6.38. The maximum atomic E-state index is 5.98. The molecule has 0 aromatic heterocycles. The first-order valence-corrected chi connectivity index (χ1v) is 3.86. The Morgan fingerprint density at radius 1 is 1.09 bits per heavy atom. The van der Waals surface area contributed by atoms with Crippen LogP contribution < -0.4 is 11.5 Å². The van der Waals surface area contributed by atoms with E-state index in [0.29, 0.717) is 0 Å². The minimum Gasteiger partial charge on any atom is -0.399 e. The summed E-state index contributed by atoms with van der Waals surface area (Å²) in [6.45, 7) is 0. The lowest BCUT2D eigenvalue weighted by molar-refractivity contribution is 0.740. The first-order valence-electron chi connectivity index (χ1n) is 3.86.